The molecule has 4 fully saturated rings. The smallest absolute Gasteiger partial charge is 0.242 e. The van der Waals surface area contributed by atoms with E-state index in [2.05, 4.69) is 13.8 Å². The van der Waals surface area contributed by atoms with Crippen molar-refractivity contribution in [1.29, 1.82) is 0 Å². The number of amides is 2. The SMILES string of the molecule is Cc1ccc(CN(Cc2ccc(F)cc2)C(=O)CN(CC(C)C)C(=O)C23CC4CC(CC(C4)C2)C3)o1. The van der Waals surface area contributed by atoms with Gasteiger partial charge in [-0.05, 0) is 98.9 Å². The Hall–Kier alpha value is -2.63. The molecule has 4 saturated carbocycles. The minimum atomic E-state index is -0.303. The third kappa shape index (κ3) is 5.37. The maximum absolute atomic E-state index is 14.1. The van der Waals surface area contributed by atoms with E-state index in [1.54, 1.807) is 17.0 Å². The quantitative estimate of drug-likeness (QED) is 0.432. The Bertz CT molecular complexity index is 1050. The zero-order chi connectivity index (χ0) is 25.4. The number of hydrogen-bond acceptors (Lipinski definition) is 3. The van der Waals surface area contributed by atoms with Gasteiger partial charge >= 0.3 is 0 Å². The normalized spacial score (nSPS) is 26.4. The highest BCUT2D eigenvalue weighted by Crippen LogP contribution is 2.60. The lowest BCUT2D eigenvalue weighted by molar-refractivity contribution is -0.161. The van der Waals surface area contributed by atoms with Crippen LogP contribution in [0.15, 0.2) is 40.8 Å². The Kier molecular flexibility index (Phi) is 6.97. The standard InChI is InChI=1S/C30H39FN2O3/c1-20(2)16-33(29(35)30-13-23-10-24(14-30)12-25(11-23)15-30)19-28(34)32(18-27-9-4-21(3)36-27)17-22-5-7-26(31)8-6-22/h4-9,20,23-25H,10-19H2,1-3H3. The molecule has 0 aliphatic heterocycles. The van der Waals surface area contributed by atoms with Gasteiger partial charge in [-0.25, -0.2) is 4.39 Å². The molecule has 1 aromatic carbocycles. The summed E-state index contributed by atoms with van der Waals surface area (Å²) in [5, 5.41) is 0. The highest BCUT2D eigenvalue weighted by Gasteiger charge is 2.55. The molecule has 36 heavy (non-hydrogen) atoms. The molecule has 0 atom stereocenters. The summed E-state index contributed by atoms with van der Waals surface area (Å²) in [6, 6.07) is 10.0. The van der Waals surface area contributed by atoms with Crippen molar-refractivity contribution in [1.82, 2.24) is 9.80 Å². The molecule has 2 aromatic rings. The highest BCUT2D eigenvalue weighted by atomic mass is 19.1. The minimum absolute atomic E-state index is 0.0691. The van der Waals surface area contributed by atoms with Crippen LogP contribution in [-0.2, 0) is 22.7 Å². The summed E-state index contributed by atoms with van der Waals surface area (Å²) in [4.78, 5) is 31.5. The average Bonchev–Trinajstić information content (AvgIpc) is 3.22. The molecule has 4 aliphatic carbocycles. The fourth-order valence-electron chi connectivity index (χ4n) is 7.43. The second kappa shape index (κ2) is 10.0. The predicted octanol–water partition coefficient (Wildman–Crippen LogP) is 5.96. The van der Waals surface area contributed by atoms with Gasteiger partial charge in [0.15, 0.2) is 0 Å². The van der Waals surface area contributed by atoms with E-state index in [0.29, 0.717) is 43.1 Å². The van der Waals surface area contributed by atoms with Crippen molar-refractivity contribution < 1.29 is 18.4 Å². The molecular formula is C30H39FN2O3. The van der Waals surface area contributed by atoms with Crippen LogP contribution in [0.1, 0.15) is 69.5 Å². The largest absolute Gasteiger partial charge is 0.464 e. The third-order valence-corrected chi connectivity index (χ3v) is 8.47. The van der Waals surface area contributed by atoms with Crippen LogP contribution >= 0.6 is 0 Å². The van der Waals surface area contributed by atoms with Crippen molar-refractivity contribution >= 4 is 11.8 Å². The second-order valence-electron chi connectivity index (χ2n) is 12.2. The number of carbonyl (C=O) groups is 2. The average molecular weight is 495 g/mol. The molecule has 0 saturated heterocycles. The monoisotopic (exact) mass is 494 g/mol. The van der Waals surface area contributed by atoms with E-state index in [1.165, 1.54) is 31.4 Å². The first-order valence-corrected chi connectivity index (χ1v) is 13.6. The number of halogens is 1. The Morgan fingerprint density at radius 3 is 2.08 bits per heavy atom. The van der Waals surface area contributed by atoms with Crippen molar-refractivity contribution in [3.8, 4) is 0 Å². The fraction of sp³-hybridized carbons (Fsp3) is 0.600. The molecule has 4 bridgehead atoms. The molecule has 1 aromatic heterocycles. The number of furan rings is 1. The highest BCUT2D eigenvalue weighted by molar-refractivity contribution is 5.88. The van der Waals surface area contributed by atoms with Crippen LogP contribution in [0.2, 0.25) is 0 Å². The van der Waals surface area contributed by atoms with Crippen LogP contribution in [0.4, 0.5) is 4.39 Å². The number of nitrogens with zero attached hydrogens (tertiary/aromatic N) is 2. The summed E-state index contributed by atoms with van der Waals surface area (Å²) < 4.78 is 19.3. The third-order valence-electron chi connectivity index (χ3n) is 8.47. The van der Waals surface area contributed by atoms with Gasteiger partial charge in [0.2, 0.25) is 11.8 Å². The Morgan fingerprint density at radius 2 is 1.56 bits per heavy atom. The van der Waals surface area contributed by atoms with Gasteiger partial charge < -0.3 is 14.2 Å². The number of benzene rings is 1. The van der Waals surface area contributed by atoms with E-state index in [9.17, 15) is 14.0 Å². The van der Waals surface area contributed by atoms with Gasteiger partial charge in [0.1, 0.15) is 17.3 Å². The van der Waals surface area contributed by atoms with Crippen molar-refractivity contribution in [2.75, 3.05) is 13.1 Å². The number of hydrogen-bond donors (Lipinski definition) is 0. The Balaban J connectivity index is 1.36. The van der Waals surface area contributed by atoms with E-state index in [-0.39, 0.29) is 35.5 Å². The number of aryl methyl sites for hydroxylation is 1. The van der Waals surface area contributed by atoms with Crippen LogP contribution in [0.5, 0.6) is 0 Å². The first-order chi connectivity index (χ1) is 17.2. The minimum Gasteiger partial charge on any atom is -0.464 e. The summed E-state index contributed by atoms with van der Waals surface area (Å²) in [7, 11) is 0. The van der Waals surface area contributed by atoms with E-state index >= 15 is 0 Å². The molecule has 6 rings (SSSR count). The lowest BCUT2D eigenvalue weighted by Gasteiger charge is -2.56. The molecule has 0 unspecified atom stereocenters. The van der Waals surface area contributed by atoms with Gasteiger partial charge in [0, 0.05) is 13.1 Å². The van der Waals surface area contributed by atoms with Crippen molar-refractivity contribution in [2.45, 2.75) is 72.4 Å². The van der Waals surface area contributed by atoms with E-state index in [4.69, 9.17) is 4.42 Å². The molecule has 0 spiro atoms. The molecule has 0 radical (unpaired) electrons. The van der Waals surface area contributed by atoms with Gasteiger partial charge in [0.05, 0.1) is 18.5 Å². The predicted molar refractivity (Wildman–Crippen MR) is 136 cm³/mol. The molecule has 2 amide bonds. The maximum Gasteiger partial charge on any atom is 0.242 e. The molecule has 4 aliphatic rings. The summed E-state index contributed by atoms with van der Waals surface area (Å²) in [5.74, 6) is 3.57. The fourth-order valence-corrected chi connectivity index (χ4v) is 7.43. The van der Waals surface area contributed by atoms with Crippen molar-refractivity contribution in [3.05, 3.63) is 59.3 Å². The van der Waals surface area contributed by atoms with E-state index in [1.807, 2.05) is 24.0 Å². The Morgan fingerprint density at radius 1 is 0.944 bits per heavy atom. The van der Waals surface area contributed by atoms with Crippen LogP contribution in [0, 0.1) is 41.8 Å². The summed E-state index contributed by atoms with van der Waals surface area (Å²) in [6.45, 7) is 7.38. The van der Waals surface area contributed by atoms with Crippen LogP contribution in [0.3, 0.4) is 0 Å². The first kappa shape index (κ1) is 25.0. The van der Waals surface area contributed by atoms with Gasteiger partial charge in [-0.1, -0.05) is 26.0 Å². The summed E-state index contributed by atoms with van der Waals surface area (Å²) in [5.41, 5.74) is 0.569. The summed E-state index contributed by atoms with van der Waals surface area (Å²) >= 11 is 0. The van der Waals surface area contributed by atoms with Crippen LogP contribution < -0.4 is 0 Å². The molecule has 6 heteroatoms. The van der Waals surface area contributed by atoms with Gasteiger partial charge in [-0.15, -0.1) is 0 Å². The zero-order valence-electron chi connectivity index (χ0n) is 21.8. The number of rotatable bonds is 9. The molecule has 194 valence electrons. The zero-order valence-corrected chi connectivity index (χ0v) is 21.8. The van der Waals surface area contributed by atoms with Crippen molar-refractivity contribution in [2.24, 2.45) is 29.1 Å². The first-order valence-electron chi connectivity index (χ1n) is 13.6. The second-order valence-corrected chi connectivity index (χ2v) is 12.2. The maximum atomic E-state index is 14.1. The van der Waals surface area contributed by atoms with Crippen LogP contribution in [0.25, 0.3) is 0 Å². The molecule has 5 nitrogen and oxygen atoms in total. The van der Waals surface area contributed by atoms with Crippen LogP contribution in [-0.4, -0.2) is 34.7 Å². The topological polar surface area (TPSA) is 53.8 Å². The van der Waals surface area contributed by atoms with E-state index < -0.39 is 0 Å². The van der Waals surface area contributed by atoms with E-state index in [0.717, 1.165) is 30.6 Å². The summed E-state index contributed by atoms with van der Waals surface area (Å²) in [6.07, 6.45) is 6.82. The molecule has 0 N–H and O–H groups in total. The van der Waals surface area contributed by atoms with Gasteiger partial charge in [-0.3, -0.25) is 9.59 Å². The molecule has 1 heterocycles. The molecular weight excluding hydrogens is 455 g/mol. The van der Waals surface area contributed by atoms with Gasteiger partial charge in [-0.2, -0.15) is 0 Å². The lowest BCUT2D eigenvalue weighted by atomic mass is 9.49. The van der Waals surface area contributed by atoms with Crippen molar-refractivity contribution in [3.63, 3.8) is 0 Å². The lowest BCUT2D eigenvalue weighted by Crippen LogP contribution is -2.56. The van der Waals surface area contributed by atoms with Gasteiger partial charge in [0.25, 0.3) is 0 Å². The number of carbonyl (C=O) groups excluding carboxylic acids is 2. The Labute approximate surface area is 214 Å².